The third kappa shape index (κ3) is 4.79. The highest BCUT2D eigenvalue weighted by molar-refractivity contribution is 5.61. The number of piperazine rings is 1. The molecular formula is C29H29FN10. The molecule has 3 fully saturated rings. The van der Waals surface area contributed by atoms with Crippen LogP contribution in [0, 0.1) is 19.8 Å². The number of halogens is 1. The lowest BCUT2D eigenvalue weighted by atomic mass is 9.87. The van der Waals surface area contributed by atoms with Gasteiger partial charge in [-0.05, 0) is 56.2 Å². The number of fused-ring (bicyclic) bond motifs is 2. The van der Waals surface area contributed by atoms with Crippen LogP contribution < -0.4 is 10.2 Å². The van der Waals surface area contributed by atoms with E-state index in [1.807, 2.05) is 50.5 Å². The van der Waals surface area contributed by atoms with E-state index in [-0.39, 0.29) is 5.95 Å². The molecule has 0 spiro atoms. The highest BCUT2D eigenvalue weighted by Gasteiger charge is 2.44. The van der Waals surface area contributed by atoms with Crippen molar-refractivity contribution in [1.29, 1.82) is 0 Å². The number of aromatic amines is 2. The lowest BCUT2D eigenvalue weighted by Crippen LogP contribution is -2.68. The number of H-pyrrole nitrogens is 2. The second kappa shape index (κ2) is 9.83. The molecule has 0 saturated carbocycles. The van der Waals surface area contributed by atoms with Gasteiger partial charge in [0.1, 0.15) is 11.6 Å². The molecule has 202 valence electrons. The van der Waals surface area contributed by atoms with E-state index < -0.39 is 0 Å². The Hall–Kier alpha value is -4.64. The molecule has 0 radical (unpaired) electrons. The first kappa shape index (κ1) is 24.4. The van der Waals surface area contributed by atoms with Crippen LogP contribution in [-0.4, -0.2) is 65.2 Å². The molecule has 8 rings (SSSR count). The number of nitrogens with zero attached hydrogens (tertiary/aromatic N) is 7. The normalized spacial score (nSPS) is 18.5. The largest absolute Gasteiger partial charge is 0.353 e. The third-order valence-corrected chi connectivity index (χ3v) is 7.61. The van der Waals surface area contributed by atoms with Gasteiger partial charge in [-0.25, -0.2) is 15.0 Å². The van der Waals surface area contributed by atoms with Gasteiger partial charge in [-0.1, -0.05) is 6.07 Å². The quantitative estimate of drug-likeness (QED) is 0.276. The number of aryl methyl sites for hydroxylation is 2. The zero-order valence-corrected chi connectivity index (χ0v) is 22.3. The van der Waals surface area contributed by atoms with Crippen LogP contribution in [0.2, 0.25) is 0 Å². The third-order valence-electron chi connectivity index (χ3n) is 7.61. The molecule has 0 aliphatic carbocycles. The van der Waals surface area contributed by atoms with Crippen molar-refractivity contribution in [2.24, 2.45) is 0 Å². The van der Waals surface area contributed by atoms with Crippen molar-refractivity contribution in [3.8, 4) is 22.8 Å². The molecule has 5 aromatic rings. The molecule has 3 N–H and O–H groups in total. The lowest BCUT2D eigenvalue weighted by molar-refractivity contribution is -0.00874. The Morgan fingerprint density at radius 3 is 2.50 bits per heavy atom. The Labute approximate surface area is 230 Å². The predicted octanol–water partition coefficient (Wildman–Crippen LogP) is 4.61. The Bertz CT molecular complexity index is 1630. The van der Waals surface area contributed by atoms with Gasteiger partial charge in [-0.3, -0.25) is 15.0 Å². The molecule has 8 heterocycles. The van der Waals surface area contributed by atoms with Gasteiger partial charge in [0, 0.05) is 73.2 Å². The van der Waals surface area contributed by atoms with Gasteiger partial charge in [-0.15, -0.1) is 0 Å². The first-order chi connectivity index (χ1) is 19.5. The van der Waals surface area contributed by atoms with Crippen molar-refractivity contribution in [3.05, 3.63) is 83.8 Å². The first-order valence-corrected chi connectivity index (χ1v) is 13.4. The zero-order valence-electron chi connectivity index (χ0n) is 22.3. The van der Waals surface area contributed by atoms with Crippen LogP contribution >= 0.6 is 0 Å². The fourth-order valence-electron chi connectivity index (χ4n) is 5.62. The Morgan fingerprint density at radius 2 is 1.82 bits per heavy atom. The van der Waals surface area contributed by atoms with Crippen molar-refractivity contribution in [2.45, 2.75) is 38.9 Å². The number of nitrogens with one attached hydrogen (secondary N) is 3. The summed E-state index contributed by atoms with van der Waals surface area (Å²) in [6.07, 6.45) is 4.95. The number of anilines is 3. The Balaban J connectivity index is 0.991. The summed E-state index contributed by atoms with van der Waals surface area (Å²) in [7, 11) is 0. The summed E-state index contributed by atoms with van der Waals surface area (Å²) < 4.78 is 13.3. The molecule has 40 heavy (non-hydrogen) atoms. The van der Waals surface area contributed by atoms with E-state index in [1.54, 1.807) is 6.07 Å². The van der Waals surface area contributed by atoms with Crippen LogP contribution in [0.1, 0.15) is 23.4 Å². The van der Waals surface area contributed by atoms with Crippen LogP contribution in [0.4, 0.5) is 21.8 Å². The number of piperidine rings is 1. The fourth-order valence-corrected chi connectivity index (χ4v) is 5.62. The van der Waals surface area contributed by atoms with Crippen LogP contribution in [-0.2, 0) is 6.54 Å². The van der Waals surface area contributed by atoms with Crippen molar-refractivity contribution in [3.63, 3.8) is 0 Å². The second-order valence-corrected chi connectivity index (χ2v) is 10.6. The standard InChI is InChI=1S/C29H29FN10/c1-17-9-26(35-27-10-18(2)37-38-27)36-29(33-17)20-4-8-28(32-13-20)39-15-21-11-22(16-39)40(21)14-19-3-5-23(31-12-19)24-6-7-25(30)34-24/h3-10,12-13,21-22,34H,11,14-16H2,1-2H3,(H2,33,35,36,37,38). The predicted molar refractivity (Wildman–Crippen MR) is 151 cm³/mol. The monoisotopic (exact) mass is 536 g/mol. The van der Waals surface area contributed by atoms with Crippen LogP contribution in [0.3, 0.4) is 0 Å². The molecule has 3 saturated heterocycles. The van der Waals surface area contributed by atoms with E-state index in [2.05, 4.69) is 57.4 Å². The number of pyridine rings is 2. The van der Waals surface area contributed by atoms with Gasteiger partial charge in [-0.2, -0.15) is 9.49 Å². The average Bonchev–Trinajstić information content (AvgIpc) is 3.59. The van der Waals surface area contributed by atoms with Gasteiger partial charge in [0.05, 0.1) is 11.4 Å². The van der Waals surface area contributed by atoms with Gasteiger partial charge in [0.15, 0.2) is 17.6 Å². The highest BCUT2D eigenvalue weighted by atomic mass is 19.1. The number of hydrogen-bond acceptors (Lipinski definition) is 8. The summed E-state index contributed by atoms with van der Waals surface area (Å²) in [6.45, 7) is 6.65. The highest BCUT2D eigenvalue weighted by Crippen LogP contribution is 2.35. The van der Waals surface area contributed by atoms with E-state index in [9.17, 15) is 4.39 Å². The zero-order chi connectivity index (χ0) is 27.2. The summed E-state index contributed by atoms with van der Waals surface area (Å²) in [5.74, 6) is 2.66. The summed E-state index contributed by atoms with van der Waals surface area (Å²) in [6, 6.07) is 16.0. The maximum absolute atomic E-state index is 13.3. The van der Waals surface area contributed by atoms with Crippen LogP contribution in [0.25, 0.3) is 22.8 Å². The number of aromatic nitrogens is 7. The molecule has 2 atom stereocenters. The van der Waals surface area contributed by atoms with E-state index in [0.717, 1.165) is 53.7 Å². The summed E-state index contributed by atoms with van der Waals surface area (Å²) >= 11 is 0. The molecule has 3 aliphatic rings. The molecule has 0 aromatic carbocycles. The molecule has 0 amide bonds. The molecule has 2 unspecified atom stereocenters. The molecule has 2 bridgehead atoms. The van der Waals surface area contributed by atoms with Gasteiger partial charge < -0.3 is 15.2 Å². The first-order valence-electron chi connectivity index (χ1n) is 13.4. The minimum Gasteiger partial charge on any atom is -0.353 e. The smallest absolute Gasteiger partial charge is 0.191 e. The van der Waals surface area contributed by atoms with Gasteiger partial charge >= 0.3 is 0 Å². The topological polar surface area (TPSA) is 115 Å². The minimum absolute atomic E-state index is 0.353. The molecule has 5 aromatic heterocycles. The van der Waals surface area contributed by atoms with Crippen molar-refractivity contribution < 1.29 is 4.39 Å². The minimum atomic E-state index is -0.353. The van der Waals surface area contributed by atoms with E-state index in [4.69, 9.17) is 4.98 Å². The Morgan fingerprint density at radius 1 is 0.950 bits per heavy atom. The lowest BCUT2D eigenvalue weighted by Gasteiger charge is -2.56. The number of hydrogen-bond donors (Lipinski definition) is 3. The van der Waals surface area contributed by atoms with E-state index >= 15 is 0 Å². The molecule has 3 aliphatic heterocycles. The van der Waals surface area contributed by atoms with E-state index in [1.165, 1.54) is 12.5 Å². The summed E-state index contributed by atoms with van der Waals surface area (Å²) in [4.78, 5) is 26.2. The average molecular weight is 537 g/mol. The Kier molecular flexibility index (Phi) is 6.00. The van der Waals surface area contributed by atoms with Crippen LogP contribution in [0.5, 0.6) is 0 Å². The number of rotatable bonds is 7. The van der Waals surface area contributed by atoms with E-state index in [0.29, 0.717) is 35.2 Å². The SMILES string of the molecule is Cc1cc(Nc2cc(C)[nH]n2)nc(-c2ccc(N3CC4CC(C3)N4Cc3ccc(-c4ccc(F)[nH]4)nc3)nc2)n1. The maximum atomic E-state index is 13.3. The van der Waals surface area contributed by atoms with Crippen molar-refractivity contribution in [2.75, 3.05) is 23.3 Å². The molecule has 10 nitrogen and oxygen atoms in total. The van der Waals surface area contributed by atoms with Gasteiger partial charge in [0.2, 0.25) is 0 Å². The van der Waals surface area contributed by atoms with Crippen molar-refractivity contribution in [1.82, 2.24) is 40.0 Å². The molecule has 11 heteroatoms. The van der Waals surface area contributed by atoms with Gasteiger partial charge in [0.25, 0.3) is 0 Å². The maximum Gasteiger partial charge on any atom is 0.191 e. The second-order valence-electron chi connectivity index (χ2n) is 10.6. The van der Waals surface area contributed by atoms with Crippen molar-refractivity contribution >= 4 is 17.5 Å². The fraction of sp³-hybridized carbons (Fsp3) is 0.276. The van der Waals surface area contributed by atoms with Crippen LogP contribution in [0.15, 0.2) is 60.9 Å². The summed E-state index contributed by atoms with van der Waals surface area (Å²) in [5.41, 5.74) is 5.31. The summed E-state index contributed by atoms with van der Waals surface area (Å²) in [5, 5.41) is 10.4. The molecular weight excluding hydrogens is 507 g/mol.